The summed E-state index contributed by atoms with van der Waals surface area (Å²) in [4.78, 5) is 53.9. The van der Waals surface area contributed by atoms with Crippen molar-refractivity contribution in [1.82, 2.24) is 15.3 Å². The average molecular weight is 411 g/mol. The number of benzene rings is 1. The Bertz CT molecular complexity index is 1000. The Morgan fingerprint density at radius 3 is 2.48 bits per heavy atom. The maximum Gasteiger partial charge on any atom is 0.318 e. The number of aromatic nitrogens is 2. The lowest BCUT2D eigenvalue weighted by Crippen LogP contribution is -2.43. The molecule has 2 aromatic rings. The van der Waals surface area contributed by atoms with Crippen LogP contribution in [0.5, 0.6) is 0 Å². The van der Waals surface area contributed by atoms with E-state index in [2.05, 4.69) is 20.6 Å². The molecule has 6 N–H and O–H groups in total. The summed E-state index contributed by atoms with van der Waals surface area (Å²) >= 11 is 11.8. The second kappa shape index (κ2) is 7.25. The Hall–Kier alpha value is -3.11. The van der Waals surface area contributed by atoms with Gasteiger partial charge < -0.3 is 16.4 Å². The molecule has 0 aliphatic carbocycles. The number of primary amides is 1. The summed E-state index contributed by atoms with van der Waals surface area (Å²) < 4.78 is 0. The number of nitrogens with zero attached hydrogens (tertiary/aromatic N) is 1. The van der Waals surface area contributed by atoms with Crippen molar-refractivity contribution in [1.29, 1.82) is 0 Å². The van der Waals surface area contributed by atoms with Crippen LogP contribution in [-0.2, 0) is 9.59 Å². The van der Waals surface area contributed by atoms with E-state index in [4.69, 9.17) is 28.9 Å². The van der Waals surface area contributed by atoms with Gasteiger partial charge in [-0.2, -0.15) is 4.98 Å². The molecule has 1 atom stereocenters. The molecule has 10 nitrogen and oxygen atoms in total. The normalized spacial score (nSPS) is 15.5. The molecule has 1 aliphatic heterocycles. The van der Waals surface area contributed by atoms with E-state index in [9.17, 15) is 19.2 Å². The van der Waals surface area contributed by atoms with Gasteiger partial charge in [-0.1, -0.05) is 23.2 Å². The van der Waals surface area contributed by atoms with E-state index in [0.717, 1.165) is 0 Å². The van der Waals surface area contributed by atoms with Gasteiger partial charge in [-0.3, -0.25) is 24.7 Å². The van der Waals surface area contributed by atoms with Crippen molar-refractivity contribution >= 4 is 58.5 Å². The SMILES string of the molecule is NC(=O)NC(=O)[C@H]1CC(=O)Nc2nc(Nc3cc(Cl)cc(Cl)c3)[nH]c(=O)c21. The van der Waals surface area contributed by atoms with Gasteiger partial charge >= 0.3 is 6.03 Å². The molecule has 0 spiro atoms. The fraction of sp³-hybridized carbons (Fsp3) is 0.133. The Balaban J connectivity index is 1.98. The summed E-state index contributed by atoms with van der Waals surface area (Å²) in [5.41, 5.74) is 4.62. The summed E-state index contributed by atoms with van der Waals surface area (Å²) in [7, 11) is 0. The number of H-pyrrole nitrogens is 1. The van der Waals surface area contributed by atoms with E-state index in [1.165, 1.54) is 6.07 Å². The molecule has 2 heterocycles. The number of halogens is 2. The van der Waals surface area contributed by atoms with Crippen LogP contribution in [0.4, 0.5) is 22.2 Å². The lowest BCUT2D eigenvalue weighted by Gasteiger charge is -2.23. The van der Waals surface area contributed by atoms with E-state index < -0.39 is 29.3 Å². The minimum absolute atomic E-state index is 0.00616. The van der Waals surface area contributed by atoms with Crippen LogP contribution in [0.2, 0.25) is 10.0 Å². The quantitative estimate of drug-likeness (QED) is 0.514. The fourth-order valence-electron chi connectivity index (χ4n) is 2.63. The Kier molecular flexibility index (Phi) is 5.02. The van der Waals surface area contributed by atoms with Gasteiger partial charge in [0.05, 0.1) is 11.5 Å². The van der Waals surface area contributed by atoms with Crippen LogP contribution in [-0.4, -0.2) is 27.8 Å². The molecular formula is C15H12Cl2N6O4. The fourth-order valence-corrected chi connectivity index (χ4v) is 3.15. The zero-order valence-corrected chi connectivity index (χ0v) is 14.9. The molecule has 4 amide bonds. The molecule has 0 saturated carbocycles. The number of aromatic amines is 1. The minimum Gasteiger partial charge on any atom is -0.351 e. The molecule has 3 rings (SSSR count). The first kappa shape index (κ1) is 18.7. The standard InChI is InChI=1S/C15H12Cl2N6O4/c16-5-1-6(17)3-7(2-5)19-15-21-11-10(13(26)23-15)8(4-9(24)20-11)12(25)22-14(18)27/h1-3,8H,4H2,(H3,18,22,25,27)(H3,19,20,21,23,24,26)/t8-/m0/s1. The first-order valence-corrected chi connectivity index (χ1v) is 8.26. The number of imide groups is 1. The first-order chi connectivity index (χ1) is 12.7. The van der Waals surface area contributed by atoms with Crippen LogP contribution in [0.15, 0.2) is 23.0 Å². The lowest BCUT2D eigenvalue weighted by molar-refractivity contribution is -0.125. The van der Waals surface area contributed by atoms with Crippen molar-refractivity contribution in [2.24, 2.45) is 5.73 Å². The summed E-state index contributed by atoms with van der Waals surface area (Å²) in [6.07, 6.45) is -0.326. The third-order valence-electron chi connectivity index (χ3n) is 3.64. The number of amides is 4. The summed E-state index contributed by atoms with van der Waals surface area (Å²) in [5.74, 6) is -2.72. The summed E-state index contributed by atoms with van der Waals surface area (Å²) in [6, 6.07) is 3.54. The van der Waals surface area contributed by atoms with Crippen molar-refractivity contribution in [3.8, 4) is 0 Å². The van der Waals surface area contributed by atoms with Crippen LogP contribution in [0.25, 0.3) is 0 Å². The molecule has 0 bridgehead atoms. The molecule has 27 heavy (non-hydrogen) atoms. The van der Waals surface area contributed by atoms with Crippen LogP contribution in [0.3, 0.4) is 0 Å². The maximum absolute atomic E-state index is 12.5. The smallest absolute Gasteiger partial charge is 0.318 e. The Morgan fingerprint density at radius 1 is 1.19 bits per heavy atom. The zero-order chi connectivity index (χ0) is 19.7. The molecule has 140 valence electrons. The second-order valence-corrected chi connectivity index (χ2v) is 6.49. The monoisotopic (exact) mass is 410 g/mol. The Morgan fingerprint density at radius 2 is 1.85 bits per heavy atom. The van der Waals surface area contributed by atoms with Gasteiger partial charge in [0.25, 0.3) is 5.56 Å². The van der Waals surface area contributed by atoms with E-state index in [0.29, 0.717) is 15.7 Å². The molecule has 1 aromatic carbocycles. The maximum atomic E-state index is 12.5. The first-order valence-electron chi connectivity index (χ1n) is 7.50. The summed E-state index contributed by atoms with van der Waals surface area (Å²) in [5, 5.41) is 7.82. The zero-order valence-electron chi connectivity index (χ0n) is 13.4. The molecule has 12 heteroatoms. The van der Waals surface area contributed by atoms with E-state index in [-0.39, 0.29) is 23.8 Å². The van der Waals surface area contributed by atoms with Gasteiger partial charge in [-0.15, -0.1) is 0 Å². The number of anilines is 3. The van der Waals surface area contributed by atoms with Crippen molar-refractivity contribution in [3.05, 3.63) is 44.2 Å². The number of hydrogen-bond donors (Lipinski definition) is 5. The average Bonchev–Trinajstić information content (AvgIpc) is 2.51. The molecule has 1 aliphatic rings. The highest BCUT2D eigenvalue weighted by Gasteiger charge is 2.35. The third kappa shape index (κ3) is 4.18. The molecule has 0 unspecified atom stereocenters. The van der Waals surface area contributed by atoms with E-state index >= 15 is 0 Å². The highest BCUT2D eigenvalue weighted by Crippen LogP contribution is 2.30. The highest BCUT2D eigenvalue weighted by molar-refractivity contribution is 6.35. The number of nitrogens with one attached hydrogen (secondary N) is 4. The second-order valence-electron chi connectivity index (χ2n) is 5.62. The van der Waals surface area contributed by atoms with E-state index in [1.54, 1.807) is 12.1 Å². The van der Waals surface area contributed by atoms with Crippen LogP contribution in [0, 0.1) is 0 Å². The molecular weight excluding hydrogens is 399 g/mol. The number of urea groups is 1. The molecule has 0 saturated heterocycles. The number of fused-ring (bicyclic) bond motifs is 1. The third-order valence-corrected chi connectivity index (χ3v) is 4.08. The lowest BCUT2D eigenvalue weighted by atomic mass is 9.92. The molecule has 0 fully saturated rings. The minimum atomic E-state index is -1.20. The number of carbonyl (C=O) groups excluding carboxylic acids is 3. The summed E-state index contributed by atoms with van der Waals surface area (Å²) in [6.45, 7) is 0. The van der Waals surface area contributed by atoms with Crippen molar-refractivity contribution in [2.75, 3.05) is 10.6 Å². The predicted octanol–water partition coefficient (Wildman–Crippen LogP) is 1.44. The van der Waals surface area contributed by atoms with Gasteiger partial charge in [0, 0.05) is 22.2 Å². The van der Waals surface area contributed by atoms with Crippen LogP contribution >= 0.6 is 23.2 Å². The molecule has 0 radical (unpaired) electrons. The van der Waals surface area contributed by atoms with Crippen LogP contribution < -0.4 is 27.2 Å². The number of nitrogens with two attached hydrogens (primary N) is 1. The predicted molar refractivity (Wildman–Crippen MR) is 98.3 cm³/mol. The van der Waals surface area contributed by atoms with Gasteiger partial charge in [-0.05, 0) is 18.2 Å². The van der Waals surface area contributed by atoms with Crippen molar-refractivity contribution < 1.29 is 14.4 Å². The van der Waals surface area contributed by atoms with Gasteiger partial charge in [0.1, 0.15) is 5.82 Å². The number of rotatable bonds is 3. The van der Waals surface area contributed by atoms with E-state index in [1.807, 2.05) is 5.32 Å². The van der Waals surface area contributed by atoms with Gasteiger partial charge in [-0.25, -0.2) is 4.79 Å². The highest BCUT2D eigenvalue weighted by atomic mass is 35.5. The van der Waals surface area contributed by atoms with Gasteiger partial charge in [0.2, 0.25) is 17.8 Å². The van der Waals surface area contributed by atoms with Crippen molar-refractivity contribution in [2.45, 2.75) is 12.3 Å². The van der Waals surface area contributed by atoms with Crippen LogP contribution in [0.1, 0.15) is 17.9 Å². The Labute approximate surface area is 161 Å². The van der Waals surface area contributed by atoms with Crippen molar-refractivity contribution in [3.63, 3.8) is 0 Å². The topological polar surface area (TPSA) is 159 Å². The number of hydrogen-bond acceptors (Lipinski definition) is 6. The van der Waals surface area contributed by atoms with Gasteiger partial charge in [0.15, 0.2) is 0 Å². The largest absolute Gasteiger partial charge is 0.351 e. The number of carbonyl (C=O) groups is 3. The molecule has 1 aromatic heterocycles.